The third kappa shape index (κ3) is 9.25. The molecule has 3 aromatic rings. The minimum atomic E-state index is -1.29. The zero-order valence-electron chi connectivity index (χ0n) is 27.2. The molecule has 0 saturated carbocycles. The van der Waals surface area contributed by atoms with E-state index in [2.05, 4.69) is 10.6 Å². The highest BCUT2D eigenvalue weighted by molar-refractivity contribution is 8.00. The number of thioether (sulfide) groups is 1. The number of carbonyl (C=O) groups is 5. The minimum absolute atomic E-state index is 0.0473. The number of amides is 4. The summed E-state index contributed by atoms with van der Waals surface area (Å²) in [4.78, 5) is 65.9. The number of nitrogens with one attached hydrogen (secondary N) is 2. The van der Waals surface area contributed by atoms with Crippen molar-refractivity contribution in [3.63, 3.8) is 0 Å². The first-order valence-corrected chi connectivity index (χ1v) is 17.3. The molecule has 1 fully saturated rings. The zero-order chi connectivity index (χ0) is 35.4. The molecule has 0 spiro atoms. The normalized spacial score (nSPS) is 16.3. The van der Waals surface area contributed by atoms with Gasteiger partial charge >= 0.3 is 5.97 Å². The van der Waals surface area contributed by atoms with Crippen molar-refractivity contribution in [3.05, 3.63) is 108 Å². The lowest BCUT2D eigenvalue weighted by atomic mass is 9.84. The molecular weight excluding hydrogens is 644 g/mol. The van der Waals surface area contributed by atoms with E-state index in [1.165, 1.54) is 16.7 Å². The average Bonchev–Trinajstić information content (AvgIpc) is 3.61. The second-order valence-corrected chi connectivity index (χ2v) is 13.2. The molecule has 4 amide bonds. The number of rotatable bonds is 17. The highest BCUT2D eigenvalue weighted by Gasteiger charge is 2.42. The molecule has 49 heavy (non-hydrogen) atoms. The van der Waals surface area contributed by atoms with Gasteiger partial charge in [0.15, 0.2) is 0 Å². The summed E-state index contributed by atoms with van der Waals surface area (Å²) in [6.45, 7) is 0.490. The van der Waals surface area contributed by atoms with Crippen molar-refractivity contribution in [2.24, 2.45) is 17.2 Å². The first kappa shape index (κ1) is 37.1. The lowest BCUT2D eigenvalue weighted by Gasteiger charge is -2.37. The lowest BCUT2D eigenvalue weighted by molar-refractivity contribution is -0.144. The molecule has 0 aromatic heterocycles. The van der Waals surface area contributed by atoms with Gasteiger partial charge in [-0.3, -0.25) is 19.2 Å². The summed E-state index contributed by atoms with van der Waals surface area (Å²) in [7, 11) is 0. The van der Waals surface area contributed by atoms with Crippen molar-refractivity contribution in [1.29, 1.82) is 0 Å². The molecule has 1 heterocycles. The Labute approximate surface area is 290 Å². The van der Waals surface area contributed by atoms with Crippen LogP contribution in [0, 0.1) is 0 Å². The van der Waals surface area contributed by atoms with E-state index in [0.29, 0.717) is 19.3 Å². The van der Waals surface area contributed by atoms with Crippen molar-refractivity contribution in [3.8, 4) is 0 Å². The Morgan fingerprint density at radius 1 is 0.857 bits per heavy atom. The topological polar surface area (TPSA) is 211 Å². The van der Waals surface area contributed by atoms with Crippen LogP contribution in [0.25, 0.3) is 0 Å². The van der Waals surface area contributed by atoms with Gasteiger partial charge in [-0.25, -0.2) is 4.79 Å². The maximum atomic E-state index is 14.4. The molecule has 0 bridgehead atoms. The molecule has 4 rings (SSSR count). The smallest absolute Gasteiger partial charge is 0.326 e. The van der Waals surface area contributed by atoms with Gasteiger partial charge in [-0.05, 0) is 48.9 Å². The molecule has 260 valence electrons. The van der Waals surface area contributed by atoms with E-state index >= 15 is 0 Å². The van der Waals surface area contributed by atoms with E-state index in [4.69, 9.17) is 17.2 Å². The van der Waals surface area contributed by atoms with Gasteiger partial charge in [0.05, 0.1) is 17.2 Å². The van der Waals surface area contributed by atoms with E-state index in [1.807, 2.05) is 91.0 Å². The number of nitrogens with zero attached hydrogens (tertiary/aromatic N) is 1. The number of hydrogen-bond acceptors (Lipinski definition) is 8. The Bertz CT molecular complexity index is 1480. The van der Waals surface area contributed by atoms with Crippen molar-refractivity contribution < 1.29 is 29.1 Å². The Kier molecular flexibility index (Phi) is 13.3. The standard InChI is InChI=1S/C36H44N6O6S/c37-20-10-18-28(35(47)48)40-33(45)30-19-11-21-42(30)34(46)29(41-32(44)27(38)22-31(39)43)23-49-36(24-12-4-1-5-13-24,25-14-6-2-7-15-25)26-16-8-3-9-17-26/h1-9,12-17,27-30H,10-11,18-23,37-38H2,(H2,39,43)(H,40,45)(H,41,44)(H,47,48)/t27-,28-,29-,30-/m0/s1. The van der Waals surface area contributed by atoms with Crippen LogP contribution in [0.3, 0.4) is 0 Å². The Hall–Kier alpha value is -4.72. The zero-order valence-corrected chi connectivity index (χ0v) is 28.0. The van der Waals surface area contributed by atoms with Crippen LogP contribution in [0.4, 0.5) is 0 Å². The molecule has 0 unspecified atom stereocenters. The summed E-state index contributed by atoms with van der Waals surface area (Å²) in [5, 5.41) is 15.0. The molecular formula is C36H44N6O6S. The number of primary amides is 1. The molecule has 12 nitrogen and oxygen atoms in total. The Balaban J connectivity index is 1.71. The minimum Gasteiger partial charge on any atom is -0.480 e. The fraction of sp³-hybridized carbons (Fsp3) is 0.361. The van der Waals surface area contributed by atoms with Crippen molar-refractivity contribution in [2.75, 3.05) is 18.8 Å². The van der Waals surface area contributed by atoms with Gasteiger partial charge in [0, 0.05) is 12.3 Å². The average molecular weight is 689 g/mol. The van der Waals surface area contributed by atoms with Crippen LogP contribution >= 0.6 is 11.8 Å². The number of carboxylic acids is 1. The number of carboxylic acid groups (broad SMARTS) is 1. The van der Waals surface area contributed by atoms with Gasteiger partial charge in [0.25, 0.3) is 0 Å². The quantitative estimate of drug-likeness (QED) is 0.114. The maximum Gasteiger partial charge on any atom is 0.326 e. The molecule has 4 atom stereocenters. The van der Waals surface area contributed by atoms with Crippen LogP contribution < -0.4 is 27.8 Å². The van der Waals surface area contributed by atoms with Crippen LogP contribution in [-0.4, -0.2) is 82.6 Å². The summed E-state index contributed by atoms with van der Waals surface area (Å²) in [6.07, 6.45) is 0.939. The van der Waals surface area contributed by atoms with Crippen LogP contribution in [0.15, 0.2) is 91.0 Å². The second-order valence-electron chi connectivity index (χ2n) is 11.9. The lowest BCUT2D eigenvalue weighted by Crippen LogP contribution is -2.58. The first-order chi connectivity index (χ1) is 23.6. The number of aliphatic carboxylic acids is 1. The molecule has 9 N–H and O–H groups in total. The van der Waals surface area contributed by atoms with Crippen molar-refractivity contribution in [1.82, 2.24) is 15.5 Å². The Morgan fingerprint density at radius 3 is 1.86 bits per heavy atom. The summed E-state index contributed by atoms with van der Waals surface area (Å²) in [5.74, 6) is -3.77. The number of hydrogen-bond donors (Lipinski definition) is 6. The molecule has 0 aliphatic carbocycles. The SMILES string of the molecule is NCCC[C@H](NC(=O)[C@@H]1CCCN1C(=O)[C@H](CSC(c1ccccc1)(c1ccccc1)c1ccccc1)NC(=O)[C@@H](N)CC(N)=O)C(=O)O. The number of benzene rings is 3. The third-order valence-electron chi connectivity index (χ3n) is 8.53. The van der Waals surface area contributed by atoms with Crippen LogP contribution in [0.2, 0.25) is 0 Å². The van der Waals surface area contributed by atoms with Crippen molar-refractivity contribution in [2.45, 2.75) is 61.0 Å². The monoisotopic (exact) mass is 688 g/mol. The van der Waals surface area contributed by atoms with Crippen LogP contribution in [0.5, 0.6) is 0 Å². The summed E-state index contributed by atoms with van der Waals surface area (Å²) < 4.78 is -0.831. The van der Waals surface area contributed by atoms with Gasteiger partial charge in [0.1, 0.15) is 18.1 Å². The molecule has 1 aliphatic rings. The molecule has 1 aliphatic heterocycles. The molecule has 0 radical (unpaired) electrons. The highest BCUT2D eigenvalue weighted by Crippen LogP contribution is 2.48. The second kappa shape index (κ2) is 17.6. The van der Waals surface area contributed by atoms with Gasteiger partial charge < -0.3 is 37.8 Å². The first-order valence-electron chi connectivity index (χ1n) is 16.3. The van der Waals surface area contributed by atoms with E-state index in [9.17, 15) is 29.1 Å². The van der Waals surface area contributed by atoms with Crippen molar-refractivity contribution >= 4 is 41.4 Å². The van der Waals surface area contributed by atoms with Gasteiger partial charge in [0.2, 0.25) is 23.6 Å². The number of nitrogens with two attached hydrogens (primary N) is 3. The predicted octanol–water partition coefficient (Wildman–Crippen LogP) is 1.70. The number of carbonyl (C=O) groups excluding carboxylic acids is 4. The predicted molar refractivity (Wildman–Crippen MR) is 188 cm³/mol. The molecule has 1 saturated heterocycles. The molecule has 13 heteroatoms. The summed E-state index contributed by atoms with van der Waals surface area (Å²) in [6, 6.07) is 24.9. The number of likely N-dealkylation sites (tertiary alicyclic amines) is 1. The van der Waals surface area contributed by atoms with E-state index in [0.717, 1.165) is 16.7 Å². The molecule has 3 aromatic carbocycles. The largest absolute Gasteiger partial charge is 0.480 e. The summed E-state index contributed by atoms with van der Waals surface area (Å²) in [5.41, 5.74) is 19.7. The summed E-state index contributed by atoms with van der Waals surface area (Å²) >= 11 is 1.44. The third-order valence-corrected chi connectivity index (χ3v) is 10.2. The van der Waals surface area contributed by atoms with Gasteiger partial charge in [-0.1, -0.05) is 91.0 Å². The van der Waals surface area contributed by atoms with E-state index in [1.54, 1.807) is 0 Å². The van der Waals surface area contributed by atoms with Crippen LogP contribution in [-0.2, 0) is 28.7 Å². The Morgan fingerprint density at radius 2 is 1.39 bits per heavy atom. The van der Waals surface area contributed by atoms with E-state index < -0.39 is 64.9 Å². The highest BCUT2D eigenvalue weighted by atomic mass is 32.2. The van der Waals surface area contributed by atoms with Crippen LogP contribution in [0.1, 0.15) is 48.8 Å². The van der Waals surface area contributed by atoms with Gasteiger partial charge in [-0.2, -0.15) is 0 Å². The van der Waals surface area contributed by atoms with Gasteiger partial charge in [-0.15, -0.1) is 11.8 Å². The maximum absolute atomic E-state index is 14.4. The van der Waals surface area contributed by atoms with E-state index in [-0.39, 0.29) is 25.3 Å². The fourth-order valence-corrected chi connectivity index (χ4v) is 7.64. The fourth-order valence-electron chi connectivity index (χ4n) is 6.09.